The number of hydrogen-bond donors (Lipinski definition) is 1. The van der Waals surface area contributed by atoms with Crippen LogP contribution < -0.4 is 10.1 Å². The third-order valence-corrected chi connectivity index (χ3v) is 2.52. The molecule has 0 aliphatic carbocycles. The predicted molar refractivity (Wildman–Crippen MR) is 73.2 cm³/mol. The largest absolute Gasteiger partial charge is 0.478 e. The van der Waals surface area contributed by atoms with Crippen LogP contribution in [-0.4, -0.2) is 32.4 Å². The summed E-state index contributed by atoms with van der Waals surface area (Å²) in [5, 5.41) is 7.51. The second-order valence-corrected chi connectivity index (χ2v) is 4.35. The molecule has 0 saturated heterocycles. The molecule has 6 heteroatoms. The number of anilines is 1. The maximum Gasteiger partial charge on any atom is 0.218 e. The Morgan fingerprint density at radius 1 is 1.42 bits per heavy atom. The van der Waals surface area contributed by atoms with Crippen molar-refractivity contribution in [3.05, 3.63) is 30.4 Å². The van der Waals surface area contributed by atoms with Crippen molar-refractivity contribution >= 4 is 5.82 Å². The lowest BCUT2D eigenvalue weighted by Gasteiger charge is -2.15. The molecule has 0 fully saturated rings. The van der Waals surface area contributed by atoms with E-state index in [1.54, 1.807) is 6.20 Å². The van der Waals surface area contributed by atoms with Crippen molar-refractivity contribution in [2.24, 2.45) is 0 Å². The Morgan fingerprint density at radius 3 is 2.95 bits per heavy atom. The predicted octanol–water partition coefficient (Wildman–Crippen LogP) is 1.88. The van der Waals surface area contributed by atoms with E-state index in [2.05, 4.69) is 27.3 Å². The van der Waals surface area contributed by atoms with Gasteiger partial charge in [-0.25, -0.2) is 4.98 Å². The van der Waals surface area contributed by atoms with Crippen molar-refractivity contribution in [2.45, 2.75) is 33.4 Å². The minimum atomic E-state index is 0.212. The molecule has 0 aliphatic rings. The zero-order valence-electron chi connectivity index (χ0n) is 11.5. The van der Waals surface area contributed by atoms with Crippen molar-refractivity contribution in [2.75, 3.05) is 11.9 Å². The summed E-state index contributed by atoms with van der Waals surface area (Å²) < 4.78 is 7.29. The van der Waals surface area contributed by atoms with Gasteiger partial charge in [0.25, 0.3) is 0 Å². The number of ether oxygens (including phenoxy) is 1. The first-order chi connectivity index (χ1) is 9.17. The lowest BCUT2D eigenvalue weighted by molar-refractivity contribution is 0.325. The van der Waals surface area contributed by atoms with Gasteiger partial charge in [-0.15, -0.1) is 0 Å². The highest BCUT2D eigenvalue weighted by Gasteiger charge is 2.07. The van der Waals surface area contributed by atoms with Crippen LogP contribution in [0.4, 0.5) is 5.82 Å². The number of aromatic nitrogens is 4. The highest BCUT2D eigenvalue weighted by atomic mass is 16.5. The zero-order valence-corrected chi connectivity index (χ0v) is 11.5. The fourth-order valence-electron chi connectivity index (χ4n) is 1.82. The quantitative estimate of drug-likeness (QED) is 0.860. The molecular formula is C13H19N5O. The van der Waals surface area contributed by atoms with Gasteiger partial charge in [-0.2, -0.15) is 10.1 Å². The number of nitrogens with zero attached hydrogens (tertiary/aromatic N) is 4. The summed E-state index contributed by atoms with van der Waals surface area (Å²) in [5.74, 6) is 2.07. The normalized spacial score (nSPS) is 12.2. The third-order valence-electron chi connectivity index (χ3n) is 2.52. The molecule has 2 heterocycles. The highest BCUT2D eigenvalue weighted by Crippen LogP contribution is 2.14. The summed E-state index contributed by atoms with van der Waals surface area (Å²) >= 11 is 0. The first-order valence-corrected chi connectivity index (χ1v) is 6.40. The van der Waals surface area contributed by atoms with Gasteiger partial charge < -0.3 is 10.1 Å². The SMILES string of the molecule is CCOc1cc(NC(C)Cn2cccn2)nc(C)n1. The van der Waals surface area contributed by atoms with Gasteiger partial charge in [-0.3, -0.25) is 4.68 Å². The van der Waals surface area contributed by atoms with Gasteiger partial charge in [0.1, 0.15) is 11.6 Å². The van der Waals surface area contributed by atoms with E-state index >= 15 is 0 Å². The molecule has 0 radical (unpaired) electrons. The van der Waals surface area contributed by atoms with Crippen molar-refractivity contribution in [3.8, 4) is 5.88 Å². The van der Waals surface area contributed by atoms with Gasteiger partial charge in [-0.05, 0) is 26.8 Å². The molecule has 2 rings (SSSR count). The standard InChI is InChI=1S/C13H19N5O/c1-4-19-13-8-12(16-11(3)17-13)15-10(2)9-18-7-5-6-14-18/h5-8,10H,4,9H2,1-3H3,(H,15,16,17). The Labute approximate surface area is 112 Å². The van der Waals surface area contributed by atoms with E-state index in [4.69, 9.17) is 4.74 Å². The molecule has 0 aromatic carbocycles. The lowest BCUT2D eigenvalue weighted by Crippen LogP contribution is -2.23. The molecule has 2 aromatic heterocycles. The van der Waals surface area contributed by atoms with Gasteiger partial charge >= 0.3 is 0 Å². The summed E-state index contributed by atoms with van der Waals surface area (Å²) in [6.45, 7) is 7.25. The van der Waals surface area contributed by atoms with Crippen LogP contribution in [0, 0.1) is 6.92 Å². The third kappa shape index (κ3) is 3.94. The zero-order chi connectivity index (χ0) is 13.7. The summed E-state index contributed by atoms with van der Waals surface area (Å²) in [5.41, 5.74) is 0. The Kier molecular flexibility index (Phi) is 4.33. The van der Waals surface area contributed by atoms with Crippen LogP contribution in [0.5, 0.6) is 5.88 Å². The van der Waals surface area contributed by atoms with Crippen LogP contribution in [0.1, 0.15) is 19.7 Å². The Balaban J connectivity index is 2.01. The summed E-state index contributed by atoms with van der Waals surface area (Å²) in [7, 11) is 0. The molecule has 1 N–H and O–H groups in total. The molecule has 2 aromatic rings. The fraction of sp³-hybridized carbons (Fsp3) is 0.462. The average molecular weight is 261 g/mol. The van der Waals surface area contributed by atoms with Crippen LogP contribution in [0.3, 0.4) is 0 Å². The molecule has 102 valence electrons. The van der Waals surface area contributed by atoms with Crippen LogP contribution >= 0.6 is 0 Å². The minimum Gasteiger partial charge on any atom is -0.478 e. The van der Waals surface area contributed by atoms with Crippen molar-refractivity contribution in [1.29, 1.82) is 0 Å². The molecular weight excluding hydrogens is 242 g/mol. The number of rotatable bonds is 6. The molecule has 1 atom stereocenters. The Morgan fingerprint density at radius 2 is 2.26 bits per heavy atom. The monoisotopic (exact) mass is 261 g/mol. The molecule has 0 bridgehead atoms. The lowest BCUT2D eigenvalue weighted by atomic mass is 10.3. The summed E-state index contributed by atoms with van der Waals surface area (Å²) in [6.07, 6.45) is 3.71. The van der Waals surface area contributed by atoms with Gasteiger partial charge in [0.15, 0.2) is 0 Å². The first kappa shape index (κ1) is 13.3. The molecule has 6 nitrogen and oxygen atoms in total. The van der Waals surface area contributed by atoms with Crippen molar-refractivity contribution in [1.82, 2.24) is 19.7 Å². The van der Waals surface area contributed by atoms with Gasteiger partial charge in [-0.1, -0.05) is 0 Å². The number of aryl methyl sites for hydroxylation is 1. The van der Waals surface area contributed by atoms with Crippen molar-refractivity contribution in [3.63, 3.8) is 0 Å². The molecule has 0 aliphatic heterocycles. The maximum atomic E-state index is 5.41. The molecule has 0 amide bonds. The molecule has 0 saturated carbocycles. The van der Waals surface area contributed by atoms with Gasteiger partial charge in [0, 0.05) is 24.5 Å². The van der Waals surface area contributed by atoms with Crippen molar-refractivity contribution < 1.29 is 4.74 Å². The Bertz CT molecular complexity index is 512. The van der Waals surface area contributed by atoms with E-state index in [1.807, 2.05) is 36.9 Å². The van der Waals surface area contributed by atoms with E-state index in [1.165, 1.54) is 0 Å². The Hall–Kier alpha value is -2.11. The van der Waals surface area contributed by atoms with Crippen LogP contribution in [0.25, 0.3) is 0 Å². The second-order valence-electron chi connectivity index (χ2n) is 4.35. The highest BCUT2D eigenvalue weighted by molar-refractivity contribution is 5.39. The number of nitrogens with one attached hydrogen (secondary N) is 1. The van der Waals surface area contributed by atoms with E-state index in [0.717, 1.165) is 12.4 Å². The average Bonchev–Trinajstić information content (AvgIpc) is 2.81. The topological polar surface area (TPSA) is 64.9 Å². The molecule has 0 spiro atoms. The molecule has 19 heavy (non-hydrogen) atoms. The van der Waals surface area contributed by atoms with E-state index in [-0.39, 0.29) is 6.04 Å². The smallest absolute Gasteiger partial charge is 0.218 e. The van der Waals surface area contributed by atoms with Gasteiger partial charge in [0.2, 0.25) is 5.88 Å². The van der Waals surface area contributed by atoms with Crippen LogP contribution in [0.15, 0.2) is 24.5 Å². The van der Waals surface area contributed by atoms with E-state index < -0.39 is 0 Å². The van der Waals surface area contributed by atoms with Crippen LogP contribution in [0.2, 0.25) is 0 Å². The first-order valence-electron chi connectivity index (χ1n) is 6.40. The fourth-order valence-corrected chi connectivity index (χ4v) is 1.82. The van der Waals surface area contributed by atoms with Crippen LogP contribution in [-0.2, 0) is 6.54 Å². The second kappa shape index (κ2) is 6.17. The maximum absolute atomic E-state index is 5.41. The van der Waals surface area contributed by atoms with E-state index in [9.17, 15) is 0 Å². The summed E-state index contributed by atoms with van der Waals surface area (Å²) in [6, 6.07) is 3.94. The number of hydrogen-bond acceptors (Lipinski definition) is 5. The van der Waals surface area contributed by atoms with E-state index in [0.29, 0.717) is 18.3 Å². The van der Waals surface area contributed by atoms with Gasteiger partial charge in [0.05, 0.1) is 13.2 Å². The minimum absolute atomic E-state index is 0.212. The molecule has 1 unspecified atom stereocenters. The summed E-state index contributed by atoms with van der Waals surface area (Å²) in [4.78, 5) is 8.57.